The van der Waals surface area contributed by atoms with Gasteiger partial charge in [-0.05, 0) is 25.1 Å². The van der Waals surface area contributed by atoms with Crippen molar-refractivity contribution in [2.45, 2.75) is 6.92 Å². The van der Waals surface area contributed by atoms with Crippen LogP contribution in [0.1, 0.15) is 11.4 Å². The Morgan fingerprint density at radius 2 is 2.33 bits per heavy atom. The van der Waals surface area contributed by atoms with E-state index in [4.69, 9.17) is 11.1 Å². The topological polar surface area (TPSA) is 78.6 Å². The van der Waals surface area contributed by atoms with Gasteiger partial charge in [-0.25, -0.2) is 4.98 Å². The van der Waals surface area contributed by atoms with E-state index in [2.05, 4.69) is 9.97 Å². The number of aryl methyl sites for hydroxylation is 1. The lowest BCUT2D eigenvalue weighted by Gasteiger charge is -1.99. The summed E-state index contributed by atoms with van der Waals surface area (Å²) in [6.45, 7) is 1.98. The van der Waals surface area contributed by atoms with Gasteiger partial charge in [0.1, 0.15) is 5.65 Å². The molecule has 2 heterocycles. The summed E-state index contributed by atoms with van der Waals surface area (Å²) in [6, 6.07) is 5.86. The monoisotopic (exact) mass is 200 g/mol. The van der Waals surface area contributed by atoms with Gasteiger partial charge in [0.2, 0.25) is 0 Å². The molecule has 0 aliphatic heterocycles. The molecule has 0 aliphatic carbocycles. The number of pyridine rings is 1. The van der Waals surface area contributed by atoms with Crippen LogP contribution in [0.25, 0.3) is 16.6 Å². The van der Waals surface area contributed by atoms with Gasteiger partial charge in [0.05, 0.1) is 5.69 Å². The molecule has 4 N–H and O–H groups in total. The van der Waals surface area contributed by atoms with Crippen LogP contribution >= 0.6 is 0 Å². The van der Waals surface area contributed by atoms with E-state index in [1.54, 1.807) is 0 Å². The number of aromatic nitrogens is 2. The molecular weight excluding hydrogens is 188 g/mol. The van der Waals surface area contributed by atoms with Crippen molar-refractivity contribution in [2.75, 3.05) is 0 Å². The van der Waals surface area contributed by atoms with Crippen LogP contribution in [-0.4, -0.2) is 16.2 Å². The Labute approximate surface area is 87.3 Å². The molecule has 4 heteroatoms. The number of hydrogen-bond donors (Lipinski definition) is 3. The van der Waals surface area contributed by atoms with Gasteiger partial charge in [0, 0.05) is 29.1 Å². The predicted octanol–water partition coefficient (Wildman–Crippen LogP) is 1.82. The van der Waals surface area contributed by atoms with Crippen LogP contribution in [0.5, 0.6) is 0 Å². The number of nitrogens with two attached hydrogens (primary N) is 1. The summed E-state index contributed by atoms with van der Waals surface area (Å²) in [5.41, 5.74) is 8.62. The molecule has 15 heavy (non-hydrogen) atoms. The van der Waals surface area contributed by atoms with Crippen molar-refractivity contribution >= 4 is 22.8 Å². The molecule has 0 saturated carbocycles. The minimum absolute atomic E-state index is 0.615. The molecule has 0 spiro atoms. The van der Waals surface area contributed by atoms with Gasteiger partial charge < -0.3 is 16.1 Å². The quantitative estimate of drug-likeness (QED) is 0.646. The van der Waals surface area contributed by atoms with Crippen molar-refractivity contribution in [3.8, 4) is 0 Å². The molecule has 2 rings (SSSR count). The summed E-state index contributed by atoms with van der Waals surface area (Å²) in [6.07, 6.45) is 2.58. The largest absolute Gasteiger partial charge is 0.404 e. The summed E-state index contributed by atoms with van der Waals surface area (Å²) in [4.78, 5) is 7.53. The molecule has 0 aliphatic rings. The first-order chi connectivity index (χ1) is 7.24. The molecular formula is C11H12N4. The van der Waals surface area contributed by atoms with Gasteiger partial charge in [-0.2, -0.15) is 0 Å². The van der Waals surface area contributed by atoms with Crippen molar-refractivity contribution < 1.29 is 0 Å². The minimum atomic E-state index is 0.615. The van der Waals surface area contributed by atoms with Crippen molar-refractivity contribution in [3.63, 3.8) is 0 Å². The Morgan fingerprint density at radius 1 is 1.53 bits per heavy atom. The average molecular weight is 200 g/mol. The molecule has 0 atom stereocenters. The second-order valence-corrected chi connectivity index (χ2v) is 3.35. The molecule has 2 aromatic heterocycles. The zero-order valence-electron chi connectivity index (χ0n) is 8.41. The minimum Gasteiger partial charge on any atom is -0.404 e. The summed E-state index contributed by atoms with van der Waals surface area (Å²) in [5.74, 6) is 0. The van der Waals surface area contributed by atoms with Crippen LogP contribution in [0, 0.1) is 12.3 Å². The summed E-state index contributed by atoms with van der Waals surface area (Å²) in [5, 5.41) is 8.25. The molecule has 0 bridgehead atoms. The fourth-order valence-electron chi connectivity index (χ4n) is 1.51. The molecule has 0 saturated heterocycles. The summed E-state index contributed by atoms with van der Waals surface area (Å²) in [7, 11) is 0. The highest BCUT2D eigenvalue weighted by Gasteiger charge is 2.03. The third-order valence-corrected chi connectivity index (χ3v) is 2.24. The molecule has 0 unspecified atom stereocenters. The normalized spacial score (nSPS) is 11.9. The molecule has 76 valence electrons. The van der Waals surface area contributed by atoms with E-state index in [9.17, 15) is 0 Å². The zero-order chi connectivity index (χ0) is 10.8. The Balaban J connectivity index is 2.59. The van der Waals surface area contributed by atoms with Crippen molar-refractivity contribution in [1.29, 1.82) is 5.41 Å². The van der Waals surface area contributed by atoms with Crippen molar-refractivity contribution in [3.05, 3.63) is 35.8 Å². The van der Waals surface area contributed by atoms with Gasteiger partial charge >= 0.3 is 0 Å². The lowest BCUT2D eigenvalue weighted by Crippen LogP contribution is -1.93. The molecule has 0 amide bonds. The van der Waals surface area contributed by atoms with E-state index in [0.717, 1.165) is 16.7 Å². The first-order valence-electron chi connectivity index (χ1n) is 4.63. The van der Waals surface area contributed by atoms with Crippen molar-refractivity contribution in [1.82, 2.24) is 9.97 Å². The van der Waals surface area contributed by atoms with Crippen LogP contribution in [-0.2, 0) is 0 Å². The van der Waals surface area contributed by atoms with E-state index < -0.39 is 0 Å². The van der Waals surface area contributed by atoms with Gasteiger partial charge in [0.25, 0.3) is 0 Å². The van der Waals surface area contributed by atoms with E-state index in [-0.39, 0.29) is 0 Å². The first kappa shape index (κ1) is 9.45. The third-order valence-electron chi connectivity index (χ3n) is 2.24. The van der Waals surface area contributed by atoms with Gasteiger partial charge in [-0.3, -0.25) is 0 Å². The zero-order valence-corrected chi connectivity index (χ0v) is 8.41. The number of hydrogen-bond acceptors (Lipinski definition) is 3. The van der Waals surface area contributed by atoms with Crippen LogP contribution in [0.3, 0.4) is 0 Å². The second-order valence-electron chi connectivity index (χ2n) is 3.35. The molecule has 0 aromatic carbocycles. The Bertz CT molecular complexity index is 537. The highest BCUT2D eigenvalue weighted by atomic mass is 14.9. The maximum Gasteiger partial charge on any atom is 0.138 e. The molecule has 0 fully saturated rings. The number of H-pyrrole nitrogens is 1. The fraction of sp³-hybridized carbons (Fsp3) is 0.0909. The molecule has 2 aromatic rings. The number of fused-ring (bicyclic) bond motifs is 1. The number of allylic oxidation sites excluding steroid dienone is 1. The van der Waals surface area contributed by atoms with Crippen LogP contribution in [0.15, 0.2) is 24.4 Å². The maximum absolute atomic E-state index is 7.19. The van der Waals surface area contributed by atoms with Crippen molar-refractivity contribution in [2.24, 2.45) is 5.73 Å². The number of rotatable bonds is 2. The first-order valence-corrected chi connectivity index (χ1v) is 4.63. The summed E-state index contributed by atoms with van der Waals surface area (Å²) >= 11 is 0. The SMILES string of the molecule is Cc1cc2ccc(C(C=N)=CN)nc2[nH]1. The van der Waals surface area contributed by atoms with Gasteiger partial charge in [-0.1, -0.05) is 0 Å². The van der Waals surface area contributed by atoms with Gasteiger partial charge in [0.15, 0.2) is 0 Å². The number of aromatic amines is 1. The van der Waals surface area contributed by atoms with Gasteiger partial charge in [-0.15, -0.1) is 0 Å². The van der Waals surface area contributed by atoms with Crippen LogP contribution < -0.4 is 5.73 Å². The van der Waals surface area contributed by atoms with E-state index in [1.165, 1.54) is 12.4 Å². The molecule has 4 nitrogen and oxygen atoms in total. The predicted molar refractivity (Wildman–Crippen MR) is 61.8 cm³/mol. The number of nitrogens with zero attached hydrogens (tertiary/aromatic N) is 1. The highest BCUT2D eigenvalue weighted by molar-refractivity contribution is 6.07. The average Bonchev–Trinajstić information content (AvgIpc) is 2.59. The highest BCUT2D eigenvalue weighted by Crippen LogP contribution is 2.16. The second kappa shape index (κ2) is 3.57. The third kappa shape index (κ3) is 1.61. The van der Waals surface area contributed by atoms with E-state index in [0.29, 0.717) is 11.3 Å². The maximum atomic E-state index is 7.19. The van der Waals surface area contributed by atoms with E-state index in [1.807, 2.05) is 25.1 Å². The fourth-order valence-corrected chi connectivity index (χ4v) is 1.51. The summed E-state index contributed by atoms with van der Waals surface area (Å²) < 4.78 is 0. The Morgan fingerprint density at radius 3 is 3.00 bits per heavy atom. The Hall–Kier alpha value is -2.10. The smallest absolute Gasteiger partial charge is 0.138 e. The van der Waals surface area contributed by atoms with E-state index >= 15 is 0 Å². The Kier molecular flexibility index (Phi) is 2.25. The van der Waals surface area contributed by atoms with Crippen LogP contribution in [0.2, 0.25) is 0 Å². The van der Waals surface area contributed by atoms with Crippen LogP contribution in [0.4, 0.5) is 0 Å². The lowest BCUT2D eigenvalue weighted by molar-refractivity contribution is 1.24. The molecule has 0 radical (unpaired) electrons. The standard InChI is InChI=1S/C11H12N4/c1-7-4-8-2-3-10(9(5-12)6-13)15-11(8)14-7/h2-6,12H,13H2,1H3,(H,14,15). The number of nitrogens with one attached hydrogen (secondary N) is 2. The lowest BCUT2D eigenvalue weighted by atomic mass is 10.2.